The second kappa shape index (κ2) is 7.82. The zero-order chi connectivity index (χ0) is 22.2. The van der Waals surface area contributed by atoms with Crippen molar-refractivity contribution in [2.24, 2.45) is 0 Å². The molecule has 1 unspecified atom stereocenters. The Morgan fingerprint density at radius 3 is 2.28 bits per heavy atom. The number of anilines is 1. The average Bonchev–Trinajstić information content (AvgIpc) is 3.09. The molecule has 32 heavy (non-hydrogen) atoms. The summed E-state index contributed by atoms with van der Waals surface area (Å²) in [6.45, 7) is 1.94. The third-order valence-electron chi connectivity index (χ3n) is 5.88. The quantitative estimate of drug-likeness (QED) is 0.260. The average molecular weight is 419 g/mol. The van der Waals surface area contributed by atoms with Crippen molar-refractivity contribution < 1.29 is 14.7 Å². The Morgan fingerprint density at radius 1 is 0.812 bits per heavy atom. The normalized spacial score (nSPS) is 17.8. The van der Waals surface area contributed by atoms with Crippen LogP contribution in [-0.4, -0.2) is 16.8 Å². The summed E-state index contributed by atoms with van der Waals surface area (Å²) < 4.78 is 0. The fourth-order valence-electron chi connectivity index (χ4n) is 4.40. The molecular weight excluding hydrogens is 398 g/mol. The molecule has 0 spiro atoms. The topological polar surface area (TPSA) is 57.6 Å². The third-order valence-corrected chi connectivity index (χ3v) is 5.88. The van der Waals surface area contributed by atoms with Crippen molar-refractivity contribution in [2.75, 3.05) is 4.90 Å². The molecule has 4 aromatic carbocycles. The van der Waals surface area contributed by atoms with Crippen molar-refractivity contribution in [2.45, 2.75) is 13.0 Å². The maximum Gasteiger partial charge on any atom is 0.300 e. The molecule has 5 rings (SSSR count). The molecule has 1 atom stereocenters. The third kappa shape index (κ3) is 3.17. The molecular formula is C28H21NO3. The standard InChI is InChI=1S/C28H21NO3/c1-18-9-7-14-21(17-18)29-25(20-11-3-2-4-12-20)24(27(31)28(29)32)26(30)23-16-8-13-19-10-5-6-15-22(19)23/h2-17,25,30H,1H3/b26-24-. The van der Waals surface area contributed by atoms with E-state index in [0.29, 0.717) is 11.3 Å². The lowest BCUT2D eigenvalue weighted by Crippen LogP contribution is -2.29. The molecule has 1 aliphatic heterocycles. The summed E-state index contributed by atoms with van der Waals surface area (Å²) in [5.74, 6) is -1.50. The van der Waals surface area contributed by atoms with Crippen LogP contribution in [-0.2, 0) is 9.59 Å². The fraction of sp³-hybridized carbons (Fsp3) is 0.0714. The van der Waals surface area contributed by atoms with Crippen LogP contribution in [0.15, 0.2) is 103 Å². The number of rotatable bonds is 3. The summed E-state index contributed by atoms with van der Waals surface area (Å²) in [7, 11) is 0. The number of fused-ring (bicyclic) bond motifs is 1. The number of ketones is 1. The first-order valence-corrected chi connectivity index (χ1v) is 10.5. The smallest absolute Gasteiger partial charge is 0.300 e. The molecule has 1 amide bonds. The molecule has 0 saturated carbocycles. The number of hydrogen-bond donors (Lipinski definition) is 1. The van der Waals surface area contributed by atoms with Gasteiger partial charge in [-0.05, 0) is 41.0 Å². The van der Waals surface area contributed by atoms with Gasteiger partial charge in [0.05, 0.1) is 11.6 Å². The number of carbonyl (C=O) groups excluding carboxylic acids is 2. The molecule has 0 aliphatic carbocycles. The number of aryl methyl sites for hydroxylation is 1. The predicted molar refractivity (Wildman–Crippen MR) is 126 cm³/mol. The van der Waals surface area contributed by atoms with E-state index in [2.05, 4.69) is 0 Å². The van der Waals surface area contributed by atoms with Gasteiger partial charge in [-0.25, -0.2) is 0 Å². The van der Waals surface area contributed by atoms with Gasteiger partial charge in [0.25, 0.3) is 11.7 Å². The highest BCUT2D eigenvalue weighted by molar-refractivity contribution is 6.51. The number of aliphatic hydroxyl groups is 1. The monoisotopic (exact) mass is 419 g/mol. The van der Waals surface area contributed by atoms with Crippen LogP contribution < -0.4 is 4.90 Å². The first kappa shape index (κ1) is 19.8. The summed E-state index contributed by atoms with van der Waals surface area (Å²) in [5.41, 5.74) is 2.99. The number of nitrogens with zero attached hydrogens (tertiary/aromatic N) is 1. The zero-order valence-corrected chi connectivity index (χ0v) is 17.5. The van der Waals surface area contributed by atoms with Crippen LogP contribution >= 0.6 is 0 Å². The molecule has 1 fully saturated rings. The molecule has 1 saturated heterocycles. The highest BCUT2D eigenvalue weighted by Gasteiger charge is 2.47. The molecule has 1 aliphatic rings. The number of aliphatic hydroxyl groups excluding tert-OH is 1. The molecule has 4 aromatic rings. The summed E-state index contributed by atoms with van der Waals surface area (Å²) >= 11 is 0. The molecule has 1 heterocycles. The maximum absolute atomic E-state index is 13.3. The Kier molecular flexibility index (Phi) is 4.83. The Labute approximate surface area is 186 Å². The van der Waals surface area contributed by atoms with E-state index in [1.54, 1.807) is 6.07 Å². The lowest BCUT2D eigenvalue weighted by molar-refractivity contribution is -0.132. The first-order chi connectivity index (χ1) is 15.6. The van der Waals surface area contributed by atoms with E-state index in [4.69, 9.17) is 0 Å². The summed E-state index contributed by atoms with van der Waals surface area (Å²) in [6, 6.07) is 29.3. The van der Waals surface area contributed by atoms with E-state index in [1.807, 2.05) is 97.9 Å². The van der Waals surface area contributed by atoms with Gasteiger partial charge < -0.3 is 5.11 Å². The summed E-state index contributed by atoms with van der Waals surface area (Å²) in [4.78, 5) is 28.0. The first-order valence-electron chi connectivity index (χ1n) is 10.5. The van der Waals surface area contributed by atoms with E-state index in [9.17, 15) is 14.7 Å². The molecule has 4 nitrogen and oxygen atoms in total. The van der Waals surface area contributed by atoms with Gasteiger partial charge in [0, 0.05) is 11.3 Å². The number of Topliss-reactive ketones (excluding diaryl/α,β-unsaturated/α-hetero) is 1. The van der Waals surface area contributed by atoms with Gasteiger partial charge in [0.1, 0.15) is 5.76 Å². The van der Waals surface area contributed by atoms with Gasteiger partial charge in [-0.1, -0.05) is 84.9 Å². The minimum Gasteiger partial charge on any atom is -0.507 e. The number of carbonyl (C=O) groups is 2. The van der Waals surface area contributed by atoms with Gasteiger partial charge >= 0.3 is 0 Å². The molecule has 4 heteroatoms. The van der Waals surface area contributed by atoms with Crippen LogP contribution in [0, 0.1) is 6.92 Å². The molecule has 0 aromatic heterocycles. The lowest BCUT2D eigenvalue weighted by atomic mass is 9.93. The van der Waals surface area contributed by atoms with Crippen molar-refractivity contribution in [1.82, 2.24) is 0 Å². The minimum atomic E-state index is -0.725. The largest absolute Gasteiger partial charge is 0.507 e. The lowest BCUT2D eigenvalue weighted by Gasteiger charge is -2.25. The van der Waals surface area contributed by atoms with Gasteiger partial charge in [0.2, 0.25) is 0 Å². The van der Waals surface area contributed by atoms with Crippen molar-refractivity contribution in [3.05, 3.63) is 119 Å². The Bertz CT molecular complexity index is 1380. The Morgan fingerprint density at radius 2 is 1.50 bits per heavy atom. The highest BCUT2D eigenvalue weighted by atomic mass is 16.3. The number of amides is 1. The number of benzene rings is 4. The van der Waals surface area contributed by atoms with E-state index < -0.39 is 17.7 Å². The van der Waals surface area contributed by atoms with Crippen molar-refractivity contribution >= 4 is 33.9 Å². The Hall–Kier alpha value is -4.18. The fourth-order valence-corrected chi connectivity index (χ4v) is 4.40. The van der Waals surface area contributed by atoms with Crippen LogP contribution in [0.5, 0.6) is 0 Å². The highest BCUT2D eigenvalue weighted by Crippen LogP contribution is 2.42. The zero-order valence-electron chi connectivity index (χ0n) is 17.5. The molecule has 1 N–H and O–H groups in total. The SMILES string of the molecule is Cc1cccc(N2C(=O)C(=O)/C(=C(\O)c3cccc4ccccc34)C2c2ccccc2)c1. The summed E-state index contributed by atoms with van der Waals surface area (Å²) in [5, 5.41) is 13.2. The summed E-state index contributed by atoms with van der Waals surface area (Å²) in [6.07, 6.45) is 0. The Balaban J connectivity index is 1.78. The second-order valence-corrected chi connectivity index (χ2v) is 7.95. The van der Waals surface area contributed by atoms with Gasteiger partial charge in [-0.3, -0.25) is 14.5 Å². The van der Waals surface area contributed by atoms with Crippen LogP contribution in [0.1, 0.15) is 22.7 Å². The van der Waals surface area contributed by atoms with E-state index >= 15 is 0 Å². The molecule has 0 radical (unpaired) electrons. The predicted octanol–water partition coefficient (Wildman–Crippen LogP) is 5.77. The van der Waals surface area contributed by atoms with Gasteiger partial charge in [-0.2, -0.15) is 0 Å². The van der Waals surface area contributed by atoms with Crippen molar-refractivity contribution in [3.8, 4) is 0 Å². The van der Waals surface area contributed by atoms with Gasteiger partial charge in [0.15, 0.2) is 0 Å². The van der Waals surface area contributed by atoms with E-state index in [-0.39, 0.29) is 11.3 Å². The molecule has 156 valence electrons. The van der Waals surface area contributed by atoms with E-state index in [1.165, 1.54) is 4.90 Å². The minimum absolute atomic E-state index is 0.0964. The van der Waals surface area contributed by atoms with E-state index in [0.717, 1.165) is 21.9 Å². The van der Waals surface area contributed by atoms with Gasteiger partial charge in [-0.15, -0.1) is 0 Å². The maximum atomic E-state index is 13.3. The molecule has 0 bridgehead atoms. The van der Waals surface area contributed by atoms with Crippen molar-refractivity contribution in [3.63, 3.8) is 0 Å². The van der Waals surface area contributed by atoms with Crippen LogP contribution in [0.2, 0.25) is 0 Å². The van der Waals surface area contributed by atoms with Crippen LogP contribution in [0.3, 0.4) is 0 Å². The van der Waals surface area contributed by atoms with Crippen LogP contribution in [0.25, 0.3) is 16.5 Å². The van der Waals surface area contributed by atoms with Crippen molar-refractivity contribution in [1.29, 1.82) is 0 Å². The van der Waals surface area contributed by atoms with Crippen LogP contribution in [0.4, 0.5) is 5.69 Å². The number of hydrogen-bond acceptors (Lipinski definition) is 3. The second-order valence-electron chi connectivity index (χ2n) is 7.95.